The quantitative estimate of drug-likeness (QED) is 0.531. The van der Waals surface area contributed by atoms with E-state index in [4.69, 9.17) is 22.1 Å². The average molecular weight is 282 g/mol. The first kappa shape index (κ1) is 16.1. The minimum atomic E-state index is -0.00197. The van der Waals surface area contributed by atoms with Crippen molar-refractivity contribution >= 4 is 11.6 Å². The molecule has 2 unspecified atom stereocenters. The second-order valence-electron chi connectivity index (χ2n) is 4.87. The maximum Gasteiger partial charge on any atom is 0.121 e. The fraction of sp³-hybridized carbons (Fsp3) is 0.500. The lowest BCUT2D eigenvalue weighted by molar-refractivity contribution is 0.183. The van der Waals surface area contributed by atoms with Crippen molar-refractivity contribution in [3.8, 4) is 5.75 Å². The van der Waals surface area contributed by atoms with Crippen molar-refractivity contribution in [2.45, 2.75) is 51.2 Å². The average Bonchev–Trinajstić information content (AvgIpc) is 2.38. The van der Waals surface area contributed by atoms with Crippen LogP contribution in [0.25, 0.3) is 0 Å². The van der Waals surface area contributed by atoms with Gasteiger partial charge in [-0.15, -0.1) is 6.58 Å². The van der Waals surface area contributed by atoms with E-state index in [1.807, 2.05) is 37.3 Å². The molecule has 0 aliphatic carbocycles. The van der Waals surface area contributed by atoms with Crippen LogP contribution in [0.4, 0.5) is 0 Å². The molecule has 2 atom stereocenters. The van der Waals surface area contributed by atoms with Gasteiger partial charge in [-0.3, -0.25) is 0 Å². The lowest BCUT2D eigenvalue weighted by atomic mass is 10.0. The topological polar surface area (TPSA) is 35.2 Å². The van der Waals surface area contributed by atoms with Gasteiger partial charge in [0, 0.05) is 11.1 Å². The molecule has 1 aromatic rings. The predicted molar refractivity (Wildman–Crippen MR) is 82.8 cm³/mol. The number of ether oxygens (including phenoxy) is 1. The highest BCUT2D eigenvalue weighted by molar-refractivity contribution is 6.30. The van der Waals surface area contributed by atoms with E-state index >= 15 is 0 Å². The molecule has 0 saturated heterocycles. The van der Waals surface area contributed by atoms with Gasteiger partial charge in [0.15, 0.2) is 0 Å². The summed E-state index contributed by atoms with van der Waals surface area (Å²) in [7, 11) is 0. The van der Waals surface area contributed by atoms with Crippen LogP contribution in [-0.2, 0) is 0 Å². The van der Waals surface area contributed by atoms with Crippen LogP contribution in [-0.4, -0.2) is 12.1 Å². The Balaban J connectivity index is 2.28. The summed E-state index contributed by atoms with van der Waals surface area (Å²) in [5.41, 5.74) is 6.14. The van der Waals surface area contributed by atoms with Crippen LogP contribution in [0.2, 0.25) is 5.02 Å². The van der Waals surface area contributed by atoms with Crippen LogP contribution in [0.15, 0.2) is 36.9 Å². The minimum absolute atomic E-state index is 0.00197. The van der Waals surface area contributed by atoms with Crippen molar-refractivity contribution in [1.29, 1.82) is 0 Å². The molecule has 0 amide bonds. The summed E-state index contributed by atoms with van der Waals surface area (Å²) < 4.78 is 5.81. The van der Waals surface area contributed by atoms with Crippen molar-refractivity contribution in [2.24, 2.45) is 5.73 Å². The Labute approximate surface area is 121 Å². The molecule has 1 rings (SSSR count). The van der Waals surface area contributed by atoms with Gasteiger partial charge in [-0.1, -0.05) is 36.6 Å². The van der Waals surface area contributed by atoms with E-state index in [1.54, 1.807) is 0 Å². The normalized spacial score (nSPS) is 13.8. The summed E-state index contributed by atoms with van der Waals surface area (Å²) in [5.74, 6) is 0.780. The molecule has 0 aliphatic heterocycles. The van der Waals surface area contributed by atoms with E-state index in [0.717, 1.165) is 25.0 Å². The zero-order chi connectivity index (χ0) is 14.1. The Morgan fingerprint density at radius 3 is 2.84 bits per heavy atom. The van der Waals surface area contributed by atoms with Crippen molar-refractivity contribution < 1.29 is 4.74 Å². The lowest BCUT2D eigenvalue weighted by Gasteiger charge is -2.21. The third-order valence-electron chi connectivity index (χ3n) is 3.17. The summed E-state index contributed by atoms with van der Waals surface area (Å²) in [6, 6.07) is 7.49. The van der Waals surface area contributed by atoms with Gasteiger partial charge >= 0.3 is 0 Å². The summed E-state index contributed by atoms with van der Waals surface area (Å²) in [6.45, 7) is 5.73. The van der Waals surface area contributed by atoms with Crippen molar-refractivity contribution in [1.82, 2.24) is 0 Å². The van der Waals surface area contributed by atoms with Gasteiger partial charge in [-0.05, 0) is 44.4 Å². The molecule has 0 radical (unpaired) electrons. The van der Waals surface area contributed by atoms with Crippen LogP contribution < -0.4 is 10.5 Å². The van der Waals surface area contributed by atoms with Crippen molar-refractivity contribution in [2.75, 3.05) is 0 Å². The molecule has 0 aliphatic rings. The molecule has 19 heavy (non-hydrogen) atoms. The Kier molecular flexibility index (Phi) is 7.61. The molecular weight excluding hydrogens is 258 g/mol. The summed E-state index contributed by atoms with van der Waals surface area (Å²) >= 11 is 5.92. The van der Waals surface area contributed by atoms with E-state index in [2.05, 4.69) is 6.58 Å². The van der Waals surface area contributed by atoms with Crippen LogP contribution in [0, 0.1) is 0 Å². The van der Waals surface area contributed by atoms with Gasteiger partial charge in [-0.25, -0.2) is 0 Å². The molecule has 0 spiro atoms. The Bertz CT molecular complexity index is 381. The molecule has 1 aromatic carbocycles. The first-order valence-corrected chi connectivity index (χ1v) is 7.30. The van der Waals surface area contributed by atoms with Gasteiger partial charge in [-0.2, -0.15) is 0 Å². The second kappa shape index (κ2) is 9.00. The van der Waals surface area contributed by atoms with Gasteiger partial charge in [0.05, 0.1) is 0 Å². The number of hydrogen-bond acceptors (Lipinski definition) is 2. The fourth-order valence-electron chi connectivity index (χ4n) is 1.92. The molecule has 0 saturated carbocycles. The zero-order valence-corrected chi connectivity index (χ0v) is 12.4. The first-order chi connectivity index (χ1) is 9.13. The smallest absolute Gasteiger partial charge is 0.121 e. The summed E-state index contributed by atoms with van der Waals surface area (Å²) in [5, 5.41) is 0.683. The number of unbranched alkanes of at least 4 members (excludes halogenated alkanes) is 3. The molecular formula is C16H24ClNO. The molecule has 0 aromatic heterocycles. The van der Waals surface area contributed by atoms with Crippen molar-refractivity contribution in [3.63, 3.8) is 0 Å². The van der Waals surface area contributed by atoms with Gasteiger partial charge in [0.2, 0.25) is 0 Å². The maximum atomic E-state index is 6.14. The number of halogens is 1. The van der Waals surface area contributed by atoms with E-state index in [-0.39, 0.29) is 12.1 Å². The SMILES string of the molecule is C=CCCCCCC(N)C(C)Oc1cccc(Cl)c1. The number of allylic oxidation sites excluding steroid dienone is 1. The first-order valence-electron chi connectivity index (χ1n) is 6.92. The molecule has 3 heteroatoms. The predicted octanol–water partition coefficient (Wildman–Crippen LogP) is 4.57. The largest absolute Gasteiger partial charge is 0.489 e. The molecule has 0 fully saturated rings. The van der Waals surface area contributed by atoms with Crippen LogP contribution in [0.1, 0.15) is 39.0 Å². The van der Waals surface area contributed by atoms with E-state index < -0.39 is 0 Å². The maximum absolute atomic E-state index is 6.14. The van der Waals surface area contributed by atoms with Crippen molar-refractivity contribution in [3.05, 3.63) is 41.9 Å². The molecule has 0 heterocycles. The Morgan fingerprint density at radius 2 is 2.16 bits per heavy atom. The van der Waals surface area contributed by atoms with Gasteiger partial charge < -0.3 is 10.5 Å². The highest BCUT2D eigenvalue weighted by Crippen LogP contribution is 2.19. The summed E-state index contributed by atoms with van der Waals surface area (Å²) in [6.07, 6.45) is 7.56. The molecule has 2 nitrogen and oxygen atoms in total. The standard InChI is InChI=1S/C16H24ClNO/c1-3-4-5-6-7-11-16(18)13(2)19-15-10-8-9-14(17)12-15/h3,8-10,12-13,16H,1,4-7,11,18H2,2H3. The molecule has 2 N–H and O–H groups in total. The van der Waals surface area contributed by atoms with Crippen LogP contribution in [0.5, 0.6) is 5.75 Å². The van der Waals surface area contributed by atoms with E-state index in [0.29, 0.717) is 5.02 Å². The summed E-state index contributed by atoms with van der Waals surface area (Å²) in [4.78, 5) is 0. The second-order valence-corrected chi connectivity index (χ2v) is 5.31. The number of rotatable bonds is 9. The number of benzene rings is 1. The highest BCUT2D eigenvalue weighted by atomic mass is 35.5. The number of nitrogens with two attached hydrogens (primary N) is 1. The highest BCUT2D eigenvalue weighted by Gasteiger charge is 2.14. The zero-order valence-electron chi connectivity index (χ0n) is 11.6. The van der Waals surface area contributed by atoms with Gasteiger partial charge in [0.1, 0.15) is 11.9 Å². The van der Waals surface area contributed by atoms with Crippen LogP contribution >= 0.6 is 11.6 Å². The fourth-order valence-corrected chi connectivity index (χ4v) is 2.10. The minimum Gasteiger partial charge on any atom is -0.489 e. The van der Waals surface area contributed by atoms with Crippen LogP contribution in [0.3, 0.4) is 0 Å². The van der Waals surface area contributed by atoms with E-state index in [9.17, 15) is 0 Å². The molecule has 0 bridgehead atoms. The Morgan fingerprint density at radius 1 is 1.37 bits per heavy atom. The lowest BCUT2D eigenvalue weighted by Crippen LogP contribution is -2.36. The number of hydrogen-bond donors (Lipinski definition) is 1. The third-order valence-corrected chi connectivity index (χ3v) is 3.40. The van der Waals surface area contributed by atoms with E-state index in [1.165, 1.54) is 12.8 Å². The van der Waals surface area contributed by atoms with Gasteiger partial charge in [0.25, 0.3) is 0 Å². The molecule has 106 valence electrons. The Hall–Kier alpha value is -0.990. The monoisotopic (exact) mass is 281 g/mol. The third kappa shape index (κ3) is 6.65.